The Kier molecular flexibility index (Phi) is 8.64. The number of fused-ring (bicyclic) bond motifs is 1. The zero-order valence-electron chi connectivity index (χ0n) is 22.3. The van der Waals surface area contributed by atoms with Gasteiger partial charge < -0.3 is 20.1 Å². The van der Waals surface area contributed by atoms with Crippen LogP contribution in [0, 0.1) is 13.8 Å². The molecule has 0 heterocycles. The van der Waals surface area contributed by atoms with Gasteiger partial charge >= 0.3 is 0 Å². The Morgan fingerprint density at radius 1 is 0.605 bits per heavy atom. The molecule has 0 aliphatic carbocycles. The van der Waals surface area contributed by atoms with Crippen LogP contribution < -0.4 is 20.1 Å². The molecule has 0 aliphatic heterocycles. The number of aryl methyl sites for hydroxylation is 2. The Labute approximate surface area is 224 Å². The number of rotatable bonds is 10. The average molecular weight is 511 g/mol. The van der Waals surface area contributed by atoms with E-state index in [2.05, 4.69) is 10.6 Å². The summed E-state index contributed by atoms with van der Waals surface area (Å²) in [5.74, 6) is 0.845. The molecule has 2 amide bonds. The van der Waals surface area contributed by atoms with Gasteiger partial charge in [-0.2, -0.15) is 0 Å². The van der Waals surface area contributed by atoms with E-state index in [1.165, 1.54) is 0 Å². The molecule has 0 saturated carbocycles. The number of carbonyl (C=O) groups is 2. The lowest BCUT2D eigenvalue weighted by Gasteiger charge is -2.20. The normalized spacial score (nSPS) is 12.4. The van der Waals surface area contributed by atoms with E-state index in [0.29, 0.717) is 35.7 Å². The first-order valence-corrected chi connectivity index (χ1v) is 13.0. The van der Waals surface area contributed by atoms with Gasteiger partial charge in [-0.3, -0.25) is 9.59 Å². The maximum Gasteiger partial charge on any atom is 0.265 e. The molecule has 6 nitrogen and oxygen atoms in total. The second-order valence-electron chi connectivity index (χ2n) is 9.34. The van der Waals surface area contributed by atoms with E-state index >= 15 is 0 Å². The van der Waals surface area contributed by atoms with Gasteiger partial charge in [-0.15, -0.1) is 0 Å². The van der Waals surface area contributed by atoms with E-state index in [9.17, 15) is 9.59 Å². The third-order valence-electron chi connectivity index (χ3n) is 6.36. The van der Waals surface area contributed by atoms with Crippen molar-refractivity contribution in [1.29, 1.82) is 0 Å². The minimum Gasteiger partial charge on any atom is -0.481 e. The number of benzene rings is 4. The van der Waals surface area contributed by atoms with Crippen LogP contribution in [0.2, 0.25) is 0 Å². The standard InChI is InChI=1S/C32H34N2O4/c1-5-29(37-23-17-13-21(3)14-18-23)31(35)33-27-11-7-10-26-25(27)9-8-12-28(26)34-32(36)30(6-2)38-24-19-15-22(4)16-20-24/h7-20,29-30H,5-6H2,1-4H3,(H,33,35)(H,34,36)/t29-,30+. The van der Waals surface area contributed by atoms with Crippen molar-refractivity contribution in [3.8, 4) is 11.5 Å². The Morgan fingerprint density at radius 2 is 0.974 bits per heavy atom. The largest absolute Gasteiger partial charge is 0.481 e. The van der Waals surface area contributed by atoms with Crippen LogP contribution in [0.3, 0.4) is 0 Å². The molecule has 0 saturated heterocycles. The molecule has 0 spiro atoms. The van der Waals surface area contributed by atoms with Gasteiger partial charge in [-0.25, -0.2) is 0 Å². The molecular formula is C32H34N2O4. The molecule has 4 rings (SSSR count). The van der Waals surface area contributed by atoms with Gasteiger partial charge in [0.05, 0.1) is 0 Å². The topological polar surface area (TPSA) is 76.7 Å². The lowest BCUT2D eigenvalue weighted by Crippen LogP contribution is -2.32. The highest BCUT2D eigenvalue weighted by Crippen LogP contribution is 2.30. The number of hydrogen-bond donors (Lipinski definition) is 2. The van der Waals surface area contributed by atoms with Crippen molar-refractivity contribution < 1.29 is 19.1 Å². The molecule has 38 heavy (non-hydrogen) atoms. The first-order chi connectivity index (χ1) is 18.4. The summed E-state index contributed by atoms with van der Waals surface area (Å²) in [5, 5.41) is 7.67. The van der Waals surface area contributed by atoms with Gasteiger partial charge in [0, 0.05) is 22.1 Å². The van der Waals surface area contributed by atoms with Gasteiger partial charge in [-0.05, 0) is 63.1 Å². The minimum atomic E-state index is -0.639. The molecular weight excluding hydrogens is 476 g/mol. The fourth-order valence-electron chi connectivity index (χ4n) is 4.16. The molecule has 4 aromatic carbocycles. The van der Waals surface area contributed by atoms with Crippen molar-refractivity contribution in [2.75, 3.05) is 10.6 Å². The van der Waals surface area contributed by atoms with Gasteiger partial charge in [0.2, 0.25) is 0 Å². The molecule has 0 aromatic heterocycles. The average Bonchev–Trinajstić information content (AvgIpc) is 2.92. The number of nitrogens with one attached hydrogen (secondary N) is 2. The summed E-state index contributed by atoms with van der Waals surface area (Å²) in [6, 6.07) is 26.5. The summed E-state index contributed by atoms with van der Waals surface area (Å²) >= 11 is 0. The maximum atomic E-state index is 13.1. The molecule has 6 heteroatoms. The van der Waals surface area contributed by atoms with Crippen molar-refractivity contribution in [1.82, 2.24) is 0 Å². The van der Waals surface area contributed by atoms with E-state index < -0.39 is 12.2 Å². The number of carbonyl (C=O) groups excluding carboxylic acids is 2. The number of amides is 2. The van der Waals surface area contributed by atoms with Crippen LogP contribution in [-0.2, 0) is 9.59 Å². The Balaban J connectivity index is 1.50. The minimum absolute atomic E-state index is 0.229. The van der Waals surface area contributed by atoms with Crippen molar-refractivity contribution >= 4 is 34.0 Å². The second kappa shape index (κ2) is 12.3. The van der Waals surface area contributed by atoms with Crippen LogP contribution in [0.1, 0.15) is 37.8 Å². The maximum absolute atomic E-state index is 13.1. The summed E-state index contributed by atoms with van der Waals surface area (Å²) in [7, 11) is 0. The lowest BCUT2D eigenvalue weighted by molar-refractivity contribution is -0.123. The summed E-state index contributed by atoms with van der Waals surface area (Å²) in [6.45, 7) is 7.84. The summed E-state index contributed by atoms with van der Waals surface area (Å²) < 4.78 is 11.9. The third-order valence-corrected chi connectivity index (χ3v) is 6.36. The quantitative estimate of drug-likeness (QED) is 0.240. The van der Waals surface area contributed by atoms with E-state index in [1.807, 2.05) is 113 Å². The molecule has 0 unspecified atom stereocenters. The number of ether oxygens (including phenoxy) is 2. The van der Waals surface area contributed by atoms with Crippen LogP contribution in [0.4, 0.5) is 11.4 Å². The van der Waals surface area contributed by atoms with Crippen molar-refractivity contribution in [3.05, 3.63) is 96.1 Å². The van der Waals surface area contributed by atoms with Crippen LogP contribution in [0.15, 0.2) is 84.9 Å². The predicted molar refractivity (Wildman–Crippen MR) is 153 cm³/mol. The third kappa shape index (κ3) is 6.51. The van der Waals surface area contributed by atoms with Crippen molar-refractivity contribution in [2.24, 2.45) is 0 Å². The zero-order valence-corrected chi connectivity index (χ0v) is 22.3. The Morgan fingerprint density at radius 3 is 1.32 bits per heavy atom. The van der Waals surface area contributed by atoms with Crippen LogP contribution in [0.25, 0.3) is 10.8 Å². The zero-order chi connectivity index (χ0) is 27.1. The van der Waals surface area contributed by atoms with Gasteiger partial charge in [-0.1, -0.05) is 73.5 Å². The Hall–Kier alpha value is -4.32. The molecule has 0 radical (unpaired) electrons. The van der Waals surface area contributed by atoms with E-state index in [-0.39, 0.29) is 11.8 Å². The van der Waals surface area contributed by atoms with Gasteiger partial charge in [0.1, 0.15) is 11.5 Å². The molecule has 196 valence electrons. The monoisotopic (exact) mass is 510 g/mol. The molecule has 0 fully saturated rings. The molecule has 2 atom stereocenters. The Bertz CT molecular complexity index is 1290. The van der Waals surface area contributed by atoms with E-state index in [4.69, 9.17) is 9.47 Å². The van der Waals surface area contributed by atoms with Crippen LogP contribution in [-0.4, -0.2) is 24.0 Å². The molecule has 0 bridgehead atoms. The van der Waals surface area contributed by atoms with E-state index in [0.717, 1.165) is 21.9 Å². The van der Waals surface area contributed by atoms with Gasteiger partial charge in [0.15, 0.2) is 12.2 Å². The highest BCUT2D eigenvalue weighted by atomic mass is 16.5. The summed E-state index contributed by atoms with van der Waals surface area (Å²) in [6.07, 6.45) is -0.240. The fourth-order valence-corrected chi connectivity index (χ4v) is 4.16. The molecule has 0 aliphatic rings. The highest BCUT2D eigenvalue weighted by Gasteiger charge is 2.21. The van der Waals surface area contributed by atoms with E-state index in [1.54, 1.807) is 0 Å². The number of hydrogen-bond acceptors (Lipinski definition) is 4. The van der Waals surface area contributed by atoms with Crippen molar-refractivity contribution in [2.45, 2.75) is 52.7 Å². The smallest absolute Gasteiger partial charge is 0.265 e. The molecule has 2 N–H and O–H groups in total. The SMILES string of the molecule is CC[C@H](Oc1ccc(C)cc1)C(=O)Nc1cccc2c(NC(=O)[C@@H](CC)Oc3ccc(C)cc3)cccc12. The second-order valence-corrected chi connectivity index (χ2v) is 9.34. The van der Waals surface area contributed by atoms with Crippen molar-refractivity contribution in [3.63, 3.8) is 0 Å². The number of anilines is 2. The predicted octanol–water partition coefficient (Wildman–Crippen LogP) is 7.05. The first-order valence-electron chi connectivity index (χ1n) is 13.0. The fraction of sp³-hybridized carbons (Fsp3) is 0.250. The van der Waals surface area contributed by atoms with Crippen LogP contribution in [0.5, 0.6) is 11.5 Å². The highest BCUT2D eigenvalue weighted by molar-refractivity contribution is 6.10. The van der Waals surface area contributed by atoms with Crippen LogP contribution >= 0.6 is 0 Å². The lowest BCUT2D eigenvalue weighted by atomic mass is 10.1. The van der Waals surface area contributed by atoms with Gasteiger partial charge in [0.25, 0.3) is 11.8 Å². The summed E-state index contributed by atoms with van der Waals surface area (Å²) in [5.41, 5.74) is 3.55. The summed E-state index contributed by atoms with van der Waals surface area (Å²) in [4.78, 5) is 26.2. The first kappa shape index (κ1) is 26.7. The molecule has 4 aromatic rings.